The number of nitrogens with zero attached hydrogens (tertiary/aromatic N) is 6. The number of halogens is 1. The number of aromatic amines is 1. The van der Waals surface area contributed by atoms with Crippen molar-refractivity contribution in [1.29, 1.82) is 0 Å². The van der Waals surface area contributed by atoms with Crippen LogP contribution in [0.5, 0.6) is 5.75 Å². The summed E-state index contributed by atoms with van der Waals surface area (Å²) in [7, 11) is 3.80. The zero-order valence-corrected chi connectivity index (χ0v) is 23.5. The SMILES string of the molecule is COc1cc2c(cc1-c1c(C)noc1C)[nH]c1nc(CN3CCN(C)CC3)nc(-c3ccnc4ccc(F)cc34)c12. The summed E-state index contributed by atoms with van der Waals surface area (Å²) in [5.74, 6) is 1.80. The Labute approximate surface area is 236 Å². The molecule has 41 heavy (non-hydrogen) atoms. The summed E-state index contributed by atoms with van der Waals surface area (Å²) in [5, 5.41) is 6.61. The van der Waals surface area contributed by atoms with Crippen molar-refractivity contribution in [3.8, 4) is 28.1 Å². The molecule has 1 N–H and O–H groups in total. The Morgan fingerprint density at radius 3 is 2.59 bits per heavy atom. The molecule has 9 nitrogen and oxygen atoms in total. The maximum Gasteiger partial charge on any atom is 0.145 e. The van der Waals surface area contributed by atoms with Crippen LogP contribution in [0, 0.1) is 19.7 Å². The van der Waals surface area contributed by atoms with Gasteiger partial charge in [0.25, 0.3) is 0 Å². The van der Waals surface area contributed by atoms with Crippen molar-refractivity contribution in [2.24, 2.45) is 0 Å². The zero-order valence-electron chi connectivity index (χ0n) is 23.5. The minimum Gasteiger partial charge on any atom is -0.496 e. The highest BCUT2D eigenvalue weighted by molar-refractivity contribution is 6.15. The number of piperazine rings is 1. The molecule has 0 amide bonds. The molecule has 7 rings (SSSR count). The average Bonchev–Trinajstić information content (AvgIpc) is 3.50. The zero-order chi connectivity index (χ0) is 28.2. The molecule has 10 heteroatoms. The predicted molar refractivity (Wildman–Crippen MR) is 156 cm³/mol. The number of ether oxygens (including phenoxy) is 1. The second-order valence-corrected chi connectivity index (χ2v) is 10.7. The molecular weight excluding hydrogens is 521 g/mol. The van der Waals surface area contributed by atoms with Crippen molar-refractivity contribution in [3.63, 3.8) is 0 Å². The number of methoxy groups -OCH3 is 1. The van der Waals surface area contributed by atoms with Crippen LogP contribution in [0.2, 0.25) is 0 Å². The second kappa shape index (κ2) is 9.90. The van der Waals surface area contributed by atoms with E-state index in [4.69, 9.17) is 19.2 Å². The van der Waals surface area contributed by atoms with Crippen LogP contribution < -0.4 is 4.74 Å². The first-order chi connectivity index (χ1) is 19.9. The standard InChI is InChI=1S/C31H30FN7O2/c1-17-28(18(2)41-37-17)23-14-25-22(15-26(23)40-4)29-30(20-7-8-33-24-6-5-19(32)13-21(20)24)35-27(36-31(29)34-25)16-39-11-9-38(3)10-12-39/h5-8,13-15H,9-12,16H2,1-4H3,(H,34,35,36). The van der Waals surface area contributed by atoms with E-state index in [1.807, 2.05) is 26.0 Å². The second-order valence-electron chi connectivity index (χ2n) is 10.7. The summed E-state index contributed by atoms with van der Waals surface area (Å²) in [5.41, 5.74) is 6.41. The molecule has 0 radical (unpaired) electrons. The minimum absolute atomic E-state index is 0.320. The van der Waals surface area contributed by atoms with Crippen molar-refractivity contribution < 1.29 is 13.7 Å². The highest BCUT2D eigenvalue weighted by Gasteiger charge is 2.23. The van der Waals surface area contributed by atoms with Crippen LogP contribution in [-0.2, 0) is 6.54 Å². The Morgan fingerprint density at radius 2 is 1.83 bits per heavy atom. The summed E-state index contributed by atoms with van der Waals surface area (Å²) in [6, 6.07) is 10.6. The van der Waals surface area contributed by atoms with Crippen molar-refractivity contribution in [3.05, 3.63) is 65.7 Å². The number of H-pyrrole nitrogens is 1. The molecule has 1 fully saturated rings. The number of benzene rings is 2. The minimum atomic E-state index is -0.320. The highest BCUT2D eigenvalue weighted by Crippen LogP contribution is 2.42. The molecule has 208 valence electrons. The maximum atomic E-state index is 14.5. The van der Waals surface area contributed by atoms with Gasteiger partial charge in [-0.25, -0.2) is 14.4 Å². The van der Waals surface area contributed by atoms with Crippen molar-refractivity contribution in [1.82, 2.24) is 34.9 Å². The Kier molecular flexibility index (Phi) is 6.17. The molecular formula is C31H30FN7O2. The van der Waals surface area contributed by atoms with Gasteiger partial charge in [-0.1, -0.05) is 5.16 Å². The third-order valence-corrected chi connectivity index (χ3v) is 8.04. The number of hydrogen-bond donors (Lipinski definition) is 1. The lowest BCUT2D eigenvalue weighted by molar-refractivity contribution is 0.145. The van der Waals surface area contributed by atoms with Crippen LogP contribution in [0.15, 0.2) is 47.1 Å². The molecule has 2 aromatic carbocycles. The number of nitrogens with one attached hydrogen (secondary N) is 1. The van der Waals surface area contributed by atoms with E-state index in [1.54, 1.807) is 19.4 Å². The number of likely N-dealkylation sites (N-methyl/N-ethyl adjacent to an activating group) is 1. The van der Waals surface area contributed by atoms with Gasteiger partial charge in [-0.2, -0.15) is 0 Å². The van der Waals surface area contributed by atoms with Gasteiger partial charge in [0, 0.05) is 59.8 Å². The van der Waals surface area contributed by atoms with E-state index in [2.05, 4.69) is 38.0 Å². The Bertz CT molecular complexity index is 1920. The number of pyridine rings is 1. The third-order valence-electron chi connectivity index (χ3n) is 8.04. The third kappa shape index (κ3) is 4.39. The molecule has 0 bridgehead atoms. The van der Waals surface area contributed by atoms with Crippen LogP contribution in [0.1, 0.15) is 17.3 Å². The van der Waals surface area contributed by atoms with Gasteiger partial charge in [0.2, 0.25) is 0 Å². The lowest BCUT2D eigenvalue weighted by atomic mass is 9.99. The topological polar surface area (TPSA) is 96.2 Å². The van der Waals surface area contributed by atoms with Crippen LogP contribution in [0.3, 0.4) is 0 Å². The number of aromatic nitrogens is 5. The van der Waals surface area contributed by atoms with Gasteiger partial charge in [0.15, 0.2) is 0 Å². The molecule has 4 aromatic heterocycles. The van der Waals surface area contributed by atoms with Crippen molar-refractivity contribution in [2.45, 2.75) is 20.4 Å². The lowest BCUT2D eigenvalue weighted by Crippen LogP contribution is -2.44. The number of rotatable bonds is 5. The summed E-state index contributed by atoms with van der Waals surface area (Å²) < 4.78 is 25.8. The van der Waals surface area contributed by atoms with E-state index in [0.29, 0.717) is 34.7 Å². The molecule has 1 aliphatic rings. The van der Waals surface area contributed by atoms with E-state index in [-0.39, 0.29) is 5.82 Å². The fraction of sp³-hybridized carbons (Fsp3) is 0.290. The molecule has 0 unspecified atom stereocenters. The molecule has 0 saturated carbocycles. The smallest absolute Gasteiger partial charge is 0.145 e. The van der Waals surface area contributed by atoms with E-state index in [0.717, 1.165) is 76.3 Å². The van der Waals surface area contributed by atoms with Crippen molar-refractivity contribution in [2.75, 3.05) is 40.3 Å². The first-order valence-electron chi connectivity index (χ1n) is 13.7. The first-order valence-corrected chi connectivity index (χ1v) is 13.7. The predicted octanol–water partition coefficient (Wildman–Crippen LogP) is 5.49. The Balaban J connectivity index is 1.49. The number of aryl methyl sites for hydroxylation is 2. The first kappa shape index (κ1) is 25.6. The Hall–Kier alpha value is -4.41. The molecule has 0 aliphatic carbocycles. The van der Waals surface area contributed by atoms with Gasteiger partial charge < -0.3 is 19.1 Å². The quantitative estimate of drug-likeness (QED) is 0.300. The Morgan fingerprint density at radius 1 is 1.00 bits per heavy atom. The van der Waals surface area contributed by atoms with E-state index < -0.39 is 0 Å². The molecule has 0 spiro atoms. The van der Waals surface area contributed by atoms with E-state index >= 15 is 0 Å². The molecule has 1 aliphatic heterocycles. The van der Waals surface area contributed by atoms with Gasteiger partial charge in [0.05, 0.1) is 41.5 Å². The summed E-state index contributed by atoms with van der Waals surface area (Å²) in [4.78, 5) is 22.9. The van der Waals surface area contributed by atoms with Gasteiger partial charge in [-0.3, -0.25) is 9.88 Å². The van der Waals surface area contributed by atoms with Gasteiger partial charge >= 0.3 is 0 Å². The number of hydrogen-bond acceptors (Lipinski definition) is 8. The van der Waals surface area contributed by atoms with Gasteiger partial charge in [0.1, 0.15) is 28.8 Å². The summed E-state index contributed by atoms with van der Waals surface area (Å²) in [6.45, 7) is 8.33. The fourth-order valence-electron chi connectivity index (χ4n) is 5.90. The highest BCUT2D eigenvalue weighted by atomic mass is 19.1. The lowest BCUT2D eigenvalue weighted by Gasteiger charge is -2.31. The van der Waals surface area contributed by atoms with Crippen LogP contribution in [-0.4, -0.2) is 75.2 Å². The van der Waals surface area contributed by atoms with Crippen LogP contribution in [0.4, 0.5) is 4.39 Å². The van der Waals surface area contributed by atoms with E-state index in [9.17, 15) is 4.39 Å². The number of fused-ring (bicyclic) bond motifs is 4. The average molecular weight is 552 g/mol. The van der Waals surface area contributed by atoms with Crippen LogP contribution in [0.25, 0.3) is 55.2 Å². The van der Waals surface area contributed by atoms with Crippen molar-refractivity contribution >= 4 is 32.8 Å². The van der Waals surface area contributed by atoms with Crippen LogP contribution >= 0.6 is 0 Å². The summed E-state index contributed by atoms with van der Waals surface area (Å²) in [6.07, 6.45) is 1.74. The largest absolute Gasteiger partial charge is 0.496 e. The molecule has 1 saturated heterocycles. The monoisotopic (exact) mass is 551 g/mol. The van der Waals surface area contributed by atoms with Gasteiger partial charge in [-0.15, -0.1) is 0 Å². The van der Waals surface area contributed by atoms with Gasteiger partial charge in [-0.05, 0) is 57.3 Å². The molecule has 0 atom stereocenters. The van der Waals surface area contributed by atoms with E-state index in [1.165, 1.54) is 12.1 Å². The fourth-order valence-corrected chi connectivity index (χ4v) is 5.90. The molecule has 5 heterocycles. The molecule has 6 aromatic rings. The maximum absolute atomic E-state index is 14.5. The summed E-state index contributed by atoms with van der Waals surface area (Å²) >= 11 is 0. The normalized spacial score (nSPS) is 15.0.